The van der Waals surface area contributed by atoms with E-state index in [2.05, 4.69) is 6.58 Å². The molecule has 0 atom stereocenters. The summed E-state index contributed by atoms with van der Waals surface area (Å²) in [4.78, 5) is 14.5. The topological polar surface area (TPSA) is 38.8 Å². The van der Waals surface area contributed by atoms with Crippen molar-refractivity contribution in [3.8, 4) is 11.5 Å². The number of amides is 1. The molecular formula is C18H19NO3. The van der Waals surface area contributed by atoms with E-state index in [0.717, 1.165) is 5.69 Å². The quantitative estimate of drug-likeness (QED) is 0.766. The van der Waals surface area contributed by atoms with Gasteiger partial charge in [-0.15, -0.1) is 6.58 Å². The minimum absolute atomic E-state index is 0.148. The van der Waals surface area contributed by atoms with Gasteiger partial charge in [0.25, 0.3) is 5.91 Å². The van der Waals surface area contributed by atoms with Crippen LogP contribution in [0.4, 0.5) is 5.69 Å². The van der Waals surface area contributed by atoms with Gasteiger partial charge in [-0.05, 0) is 24.3 Å². The number of anilines is 1. The first kappa shape index (κ1) is 15.6. The van der Waals surface area contributed by atoms with Crippen LogP contribution in [-0.2, 0) is 0 Å². The maximum absolute atomic E-state index is 12.9. The molecule has 0 aliphatic heterocycles. The molecule has 0 saturated heterocycles. The molecule has 0 saturated carbocycles. The van der Waals surface area contributed by atoms with Gasteiger partial charge in [-0.3, -0.25) is 4.79 Å². The van der Waals surface area contributed by atoms with Crippen LogP contribution in [0.5, 0.6) is 11.5 Å². The van der Waals surface area contributed by atoms with Crippen molar-refractivity contribution < 1.29 is 14.3 Å². The van der Waals surface area contributed by atoms with Gasteiger partial charge in [0, 0.05) is 18.3 Å². The summed E-state index contributed by atoms with van der Waals surface area (Å²) in [6.45, 7) is 4.14. The molecule has 0 bridgehead atoms. The first-order valence-corrected chi connectivity index (χ1v) is 6.91. The van der Waals surface area contributed by atoms with Crippen LogP contribution in [-0.4, -0.2) is 26.7 Å². The van der Waals surface area contributed by atoms with Crippen LogP contribution in [0.15, 0.2) is 61.2 Å². The van der Waals surface area contributed by atoms with Crippen molar-refractivity contribution >= 4 is 11.6 Å². The van der Waals surface area contributed by atoms with Gasteiger partial charge in [0.15, 0.2) is 0 Å². The van der Waals surface area contributed by atoms with E-state index in [-0.39, 0.29) is 5.91 Å². The van der Waals surface area contributed by atoms with E-state index in [4.69, 9.17) is 9.47 Å². The van der Waals surface area contributed by atoms with Gasteiger partial charge in [-0.25, -0.2) is 0 Å². The zero-order valence-electron chi connectivity index (χ0n) is 12.8. The Bertz CT molecular complexity index is 653. The second kappa shape index (κ2) is 7.31. The molecule has 0 aromatic heterocycles. The number of benzene rings is 2. The maximum Gasteiger partial charge on any atom is 0.262 e. The van der Waals surface area contributed by atoms with Gasteiger partial charge in [-0.1, -0.05) is 24.3 Å². The van der Waals surface area contributed by atoms with Crippen LogP contribution in [0.25, 0.3) is 0 Å². The Morgan fingerprint density at radius 2 is 1.86 bits per heavy atom. The summed E-state index contributed by atoms with van der Waals surface area (Å²) in [5, 5.41) is 0. The smallest absolute Gasteiger partial charge is 0.262 e. The Kier molecular flexibility index (Phi) is 5.20. The molecule has 0 aliphatic carbocycles. The highest BCUT2D eigenvalue weighted by Gasteiger charge is 2.20. The molecular weight excluding hydrogens is 278 g/mol. The second-order valence-corrected chi connectivity index (χ2v) is 4.61. The zero-order chi connectivity index (χ0) is 15.9. The van der Waals surface area contributed by atoms with Crippen LogP contribution < -0.4 is 14.4 Å². The fraction of sp³-hybridized carbons (Fsp3) is 0.167. The number of para-hydroxylation sites is 1. The predicted octanol–water partition coefficient (Wildman–Crippen LogP) is 3.54. The minimum Gasteiger partial charge on any atom is -0.497 e. The van der Waals surface area contributed by atoms with Crippen LogP contribution in [0.1, 0.15) is 10.4 Å². The molecule has 0 unspecified atom stereocenters. The molecule has 0 radical (unpaired) electrons. The van der Waals surface area contributed by atoms with E-state index in [1.165, 1.54) is 7.11 Å². The molecule has 0 spiro atoms. The minimum atomic E-state index is -0.148. The highest BCUT2D eigenvalue weighted by atomic mass is 16.5. The van der Waals surface area contributed by atoms with Gasteiger partial charge in [0.2, 0.25) is 0 Å². The van der Waals surface area contributed by atoms with Crippen LogP contribution in [0, 0.1) is 0 Å². The number of hydrogen-bond acceptors (Lipinski definition) is 3. The highest BCUT2D eigenvalue weighted by molar-refractivity contribution is 6.08. The fourth-order valence-corrected chi connectivity index (χ4v) is 2.16. The monoisotopic (exact) mass is 297 g/mol. The van der Waals surface area contributed by atoms with E-state index in [0.29, 0.717) is 23.6 Å². The standard InChI is InChI=1S/C18H19NO3/c1-4-12-19(14-8-6-5-7-9-14)18(20)16-11-10-15(21-2)13-17(16)22-3/h4-11,13H,1,12H2,2-3H3. The van der Waals surface area contributed by atoms with E-state index >= 15 is 0 Å². The van der Waals surface area contributed by atoms with Crippen molar-refractivity contribution in [2.45, 2.75) is 0 Å². The molecule has 2 rings (SSSR count). The lowest BCUT2D eigenvalue weighted by Crippen LogP contribution is -2.31. The predicted molar refractivity (Wildman–Crippen MR) is 87.9 cm³/mol. The summed E-state index contributed by atoms with van der Waals surface area (Å²) >= 11 is 0. The van der Waals surface area contributed by atoms with E-state index in [1.807, 2.05) is 30.3 Å². The molecule has 0 fully saturated rings. The van der Waals surface area contributed by atoms with Crippen molar-refractivity contribution in [1.82, 2.24) is 0 Å². The molecule has 4 nitrogen and oxygen atoms in total. The Balaban J connectivity index is 2.41. The normalized spacial score (nSPS) is 9.91. The maximum atomic E-state index is 12.9. The molecule has 0 heterocycles. The SMILES string of the molecule is C=CCN(C(=O)c1ccc(OC)cc1OC)c1ccccc1. The van der Waals surface area contributed by atoms with Gasteiger partial charge >= 0.3 is 0 Å². The van der Waals surface area contributed by atoms with E-state index in [9.17, 15) is 4.79 Å². The molecule has 114 valence electrons. The zero-order valence-corrected chi connectivity index (χ0v) is 12.8. The van der Waals surface area contributed by atoms with Crippen LogP contribution in [0.2, 0.25) is 0 Å². The number of ether oxygens (including phenoxy) is 2. The van der Waals surface area contributed by atoms with Gasteiger partial charge < -0.3 is 14.4 Å². The van der Waals surface area contributed by atoms with Crippen molar-refractivity contribution in [2.75, 3.05) is 25.7 Å². The Morgan fingerprint density at radius 3 is 2.45 bits per heavy atom. The second-order valence-electron chi connectivity index (χ2n) is 4.61. The molecule has 2 aromatic rings. The Labute approximate surface area is 130 Å². The van der Waals surface area contributed by atoms with Crippen molar-refractivity contribution in [3.05, 3.63) is 66.7 Å². The Hall–Kier alpha value is -2.75. The first-order chi connectivity index (χ1) is 10.7. The van der Waals surface area contributed by atoms with Crippen LogP contribution in [0.3, 0.4) is 0 Å². The molecule has 0 aliphatic rings. The van der Waals surface area contributed by atoms with Gasteiger partial charge in [-0.2, -0.15) is 0 Å². The van der Waals surface area contributed by atoms with Gasteiger partial charge in [0.05, 0.1) is 19.8 Å². The summed E-state index contributed by atoms with van der Waals surface area (Å²) in [6.07, 6.45) is 1.70. The largest absolute Gasteiger partial charge is 0.497 e. The van der Waals surface area contributed by atoms with Crippen molar-refractivity contribution in [1.29, 1.82) is 0 Å². The summed E-state index contributed by atoms with van der Waals surface area (Å²) in [5.74, 6) is 0.975. The van der Waals surface area contributed by atoms with Crippen molar-refractivity contribution in [3.63, 3.8) is 0 Å². The molecule has 0 N–H and O–H groups in total. The number of methoxy groups -OCH3 is 2. The number of hydrogen-bond donors (Lipinski definition) is 0. The highest BCUT2D eigenvalue weighted by Crippen LogP contribution is 2.27. The summed E-state index contributed by atoms with van der Waals surface area (Å²) in [7, 11) is 3.11. The molecule has 1 amide bonds. The Morgan fingerprint density at radius 1 is 1.14 bits per heavy atom. The van der Waals surface area contributed by atoms with Crippen molar-refractivity contribution in [2.24, 2.45) is 0 Å². The average molecular weight is 297 g/mol. The lowest BCUT2D eigenvalue weighted by Gasteiger charge is -2.22. The van der Waals surface area contributed by atoms with Gasteiger partial charge in [0.1, 0.15) is 11.5 Å². The number of carbonyl (C=O) groups excluding carboxylic acids is 1. The third-order valence-electron chi connectivity index (χ3n) is 3.26. The molecule has 4 heteroatoms. The lowest BCUT2D eigenvalue weighted by atomic mass is 10.1. The summed E-state index contributed by atoms with van der Waals surface area (Å²) < 4.78 is 10.5. The third kappa shape index (κ3) is 3.28. The third-order valence-corrected chi connectivity index (χ3v) is 3.26. The first-order valence-electron chi connectivity index (χ1n) is 6.91. The number of rotatable bonds is 6. The summed E-state index contributed by atoms with van der Waals surface area (Å²) in [5.41, 5.74) is 1.29. The lowest BCUT2D eigenvalue weighted by molar-refractivity contribution is 0.0986. The summed E-state index contributed by atoms with van der Waals surface area (Å²) in [6, 6.07) is 14.6. The fourth-order valence-electron chi connectivity index (χ4n) is 2.16. The molecule has 22 heavy (non-hydrogen) atoms. The van der Waals surface area contributed by atoms with E-state index < -0.39 is 0 Å². The number of nitrogens with zero attached hydrogens (tertiary/aromatic N) is 1. The number of carbonyl (C=O) groups is 1. The average Bonchev–Trinajstić information content (AvgIpc) is 2.59. The van der Waals surface area contributed by atoms with E-state index in [1.54, 1.807) is 36.3 Å². The van der Waals surface area contributed by atoms with Crippen LogP contribution >= 0.6 is 0 Å². The molecule has 2 aromatic carbocycles.